The van der Waals surface area contributed by atoms with E-state index in [9.17, 15) is 0 Å². The molecule has 110 valence electrons. The maximum Gasteiger partial charge on any atom is 0.107 e. The first-order valence-corrected chi connectivity index (χ1v) is 7.51. The molecule has 2 rings (SSSR count). The van der Waals surface area contributed by atoms with Gasteiger partial charge >= 0.3 is 0 Å². The van der Waals surface area contributed by atoms with Gasteiger partial charge in [0, 0.05) is 17.9 Å². The lowest BCUT2D eigenvalue weighted by molar-refractivity contribution is 0.0299. The summed E-state index contributed by atoms with van der Waals surface area (Å²) in [5, 5.41) is 0. The third-order valence-corrected chi connectivity index (χ3v) is 4.01. The number of pyridine rings is 1. The Bertz CT molecular complexity index is 518. The van der Waals surface area contributed by atoms with Crippen molar-refractivity contribution in [3.05, 3.63) is 23.0 Å². The van der Waals surface area contributed by atoms with Crippen LogP contribution in [0.2, 0.25) is 0 Å². The molecule has 2 unspecified atom stereocenters. The molecule has 1 aliphatic heterocycles. The van der Waals surface area contributed by atoms with E-state index in [1.807, 2.05) is 13.8 Å². The average Bonchev–Trinajstić information content (AvgIpc) is 2.37. The van der Waals surface area contributed by atoms with E-state index in [2.05, 4.69) is 29.8 Å². The first kappa shape index (κ1) is 15.2. The molecule has 2 heterocycles. The monoisotopic (exact) mass is 293 g/mol. The number of thiocarbonyl (C=S) groups is 1. The van der Waals surface area contributed by atoms with Crippen molar-refractivity contribution in [2.24, 2.45) is 5.73 Å². The van der Waals surface area contributed by atoms with Crippen LogP contribution in [0.5, 0.6) is 0 Å². The summed E-state index contributed by atoms with van der Waals surface area (Å²) in [7, 11) is 0. The van der Waals surface area contributed by atoms with Crippen LogP contribution in [-0.2, 0) is 4.74 Å². The quantitative estimate of drug-likeness (QED) is 0.867. The minimum Gasteiger partial charge on any atom is -0.389 e. The first-order valence-electron chi connectivity index (χ1n) is 7.10. The molecule has 0 spiro atoms. The highest BCUT2D eigenvalue weighted by Crippen LogP contribution is 2.29. The van der Waals surface area contributed by atoms with Gasteiger partial charge in [-0.2, -0.15) is 0 Å². The van der Waals surface area contributed by atoms with Crippen LogP contribution in [0.25, 0.3) is 0 Å². The second-order valence-electron chi connectivity index (χ2n) is 5.47. The van der Waals surface area contributed by atoms with Crippen LogP contribution in [-0.4, -0.2) is 35.3 Å². The summed E-state index contributed by atoms with van der Waals surface area (Å²) in [6.45, 7) is 9.85. The van der Waals surface area contributed by atoms with Crippen molar-refractivity contribution in [3.63, 3.8) is 0 Å². The number of hydrogen-bond donors (Lipinski definition) is 1. The molecule has 1 aromatic heterocycles. The Balaban J connectivity index is 2.51. The maximum absolute atomic E-state index is 5.93. The van der Waals surface area contributed by atoms with E-state index >= 15 is 0 Å². The molecular formula is C15H23N3OS. The molecule has 1 aromatic rings. The fraction of sp³-hybridized carbons (Fsp3) is 0.600. The first-order chi connectivity index (χ1) is 9.43. The van der Waals surface area contributed by atoms with E-state index in [-0.39, 0.29) is 6.10 Å². The van der Waals surface area contributed by atoms with Crippen molar-refractivity contribution in [3.8, 4) is 0 Å². The second-order valence-corrected chi connectivity index (χ2v) is 5.91. The van der Waals surface area contributed by atoms with Crippen LogP contribution in [0.4, 0.5) is 5.69 Å². The van der Waals surface area contributed by atoms with Gasteiger partial charge in [0.2, 0.25) is 0 Å². The molecule has 0 radical (unpaired) electrons. The Kier molecular flexibility index (Phi) is 4.60. The summed E-state index contributed by atoms with van der Waals surface area (Å²) in [5.41, 5.74) is 9.83. The molecule has 1 saturated heterocycles. The van der Waals surface area contributed by atoms with Crippen LogP contribution >= 0.6 is 12.2 Å². The van der Waals surface area contributed by atoms with Crippen LogP contribution in [0.1, 0.15) is 37.2 Å². The predicted molar refractivity (Wildman–Crippen MR) is 86.4 cm³/mol. The third-order valence-electron chi connectivity index (χ3n) is 3.80. The molecular weight excluding hydrogens is 270 g/mol. The lowest BCUT2D eigenvalue weighted by Gasteiger charge is -2.41. The lowest BCUT2D eigenvalue weighted by Crippen LogP contribution is -2.49. The number of anilines is 1. The smallest absolute Gasteiger partial charge is 0.107 e. The van der Waals surface area contributed by atoms with Gasteiger partial charge in [-0.15, -0.1) is 0 Å². The van der Waals surface area contributed by atoms with Crippen LogP contribution in [0, 0.1) is 13.8 Å². The molecule has 0 saturated carbocycles. The SMILES string of the molecule is CCC1COC(C)CN1c1cc(C)nc(C)c1C(N)=S. The average molecular weight is 293 g/mol. The number of morpholine rings is 1. The summed E-state index contributed by atoms with van der Waals surface area (Å²) in [4.78, 5) is 7.29. The molecule has 4 nitrogen and oxygen atoms in total. The summed E-state index contributed by atoms with van der Waals surface area (Å²) in [5.74, 6) is 0. The van der Waals surface area contributed by atoms with Crippen molar-refractivity contribution in [1.29, 1.82) is 0 Å². The summed E-state index contributed by atoms with van der Waals surface area (Å²) < 4.78 is 5.77. The maximum atomic E-state index is 5.93. The van der Waals surface area contributed by atoms with E-state index in [1.165, 1.54) is 0 Å². The molecule has 20 heavy (non-hydrogen) atoms. The van der Waals surface area contributed by atoms with Crippen LogP contribution in [0.3, 0.4) is 0 Å². The fourth-order valence-electron chi connectivity index (χ4n) is 2.82. The number of nitrogens with two attached hydrogens (primary N) is 1. The topological polar surface area (TPSA) is 51.4 Å². The Labute approximate surface area is 126 Å². The number of nitrogens with zero attached hydrogens (tertiary/aromatic N) is 2. The van der Waals surface area contributed by atoms with E-state index in [0.717, 1.165) is 42.2 Å². The minimum absolute atomic E-state index is 0.214. The number of ether oxygens (including phenoxy) is 1. The number of rotatable bonds is 3. The van der Waals surface area contributed by atoms with Gasteiger partial charge in [0.15, 0.2) is 0 Å². The minimum atomic E-state index is 0.214. The zero-order valence-electron chi connectivity index (χ0n) is 12.6. The Morgan fingerprint density at radius 2 is 2.25 bits per heavy atom. The summed E-state index contributed by atoms with van der Waals surface area (Å²) in [6, 6.07) is 2.45. The predicted octanol–water partition coefficient (Wildman–Crippen LogP) is 2.34. The van der Waals surface area contributed by atoms with Gasteiger partial charge in [0.1, 0.15) is 4.99 Å². The second kappa shape index (κ2) is 6.06. The van der Waals surface area contributed by atoms with Gasteiger partial charge in [-0.1, -0.05) is 19.1 Å². The van der Waals surface area contributed by atoms with Crippen LogP contribution < -0.4 is 10.6 Å². The van der Waals surface area contributed by atoms with Gasteiger partial charge in [0.05, 0.1) is 30.0 Å². The van der Waals surface area contributed by atoms with Gasteiger partial charge in [0.25, 0.3) is 0 Å². The normalized spacial score (nSPS) is 22.9. The Morgan fingerprint density at radius 1 is 1.55 bits per heavy atom. The van der Waals surface area contributed by atoms with Crippen molar-refractivity contribution in [1.82, 2.24) is 4.98 Å². The van der Waals surface area contributed by atoms with Crippen molar-refractivity contribution < 1.29 is 4.74 Å². The van der Waals surface area contributed by atoms with Crippen molar-refractivity contribution >= 4 is 22.9 Å². The van der Waals surface area contributed by atoms with Gasteiger partial charge in [-0.05, 0) is 33.3 Å². The largest absolute Gasteiger partial charge is 0.389 e. The molecule has 0 amide bonds. The van der Waals surface area contributed by atoms with Crippen molar-refractivity contribution in [2.45, 2.75) is 46.3 Å². The highest BCUT2D eigenvalue weighted by atomic mass is 32.1. The van der Waals surface area contributed by atoms with E-state index < -0.39 is 0 Å². The lowest BCUT2D eigenvalue weighted by atomic mass is 10.0. The Morgan fingerprint density at radius 3 is 2.85 bits per heavy atom. The highest BCUT2D eigenvalue weighted by Gasteiger charge is 2.28. The van der Waals surface area contributed by atoms with Gasteiger partial charge in [-0.3, -0.25) is 4.98 Å². The number of aryl methyl sites for hydroxylation is 2. The van der Waals surface area contributed by atoms with Crippen LogP contribution in [0.15, 0.2) is 6.07 Å². The number of aromatic nitrogens is 1. The van der Waals surface area contributed by atoms with E-state index in [0.29, 0.717) is 11.0 Å². The molecule has 2 N–H and O–H groups in total. The highest BCUT2D eigenvalue weighted by molar-refractivity contribution is 7.80. The molecule has 0 aromatic carbocycles. The summed E-state index contributed by atoms with van der Waals surface area (Å²) >= 11 is 5.23. The van der Waals surface area contributed by atoms with E-state index in [1.54, 1.807) is 0 Å². The van der Waals surface area contributed by atoms with Crippen molar-refractivity contribution in [2.75, 3.05) is 18.1 Å². The number of hydrogen-bond acceptors (Lipinski definition) is 4. The Hall–Kier alpha value is -1.20. The fourth-order valence-corrected chi connectivity index (χ4v) is 3.07. The zero-order valence-corrected chi connectivity index (χ0v) is 13.5. The summed E-state index contributed by atoms with van der Waals surface area (Å²) in [6.07, 6.45) is 1.25. The van der Waals surface area contributed by atoms with Gasteiger partial charge in [-0.25, -0.2) is 0 Å². The van der Waals surface area contributed by atoms with E-state index in [4.69, 9.17) is 22.7 Å². The molecule has 5 heteroatoms. The molecule has 0 bridgehead atoms. The molecule has 1 aliphatic rings. The molecule has 2 atom stereocenters. The molecule has 1 fully saturated rings. The third kappa shape index (κ3) is 2.94. The molecule has 0 aliphatic carbocycles. The standard InChI is InChI=1S/C15H23N3OS/c1-5-12-8-19-10(3)7-18(12)13-6-9(2)17-11(4)14(13)15(16)20/h6,10,12H,5,7-8H2,1-4H3,(H2,16,20). The van der Waals surface area contributed by atoms with Gasteiger partial charge < -0.3 is 15.4 Å². The zero-order chi connectivity index (χ0) is 14.9.